The number of rotatable bonds is 3. The molecule has 0 amide bonds. The Labute approximate surface area is 102 Å². The predicted molar refractivity (Wildman–Crippen MR) is 64.2 cm³/mol. The Morgan fingerprint density at radius 3 is 2.94 bits per heavy atom. The Morgan fingerprint density at radius 1 is 1.33 bits per heavy atom. The van der Waals surface area contributed by atoms with Crippen molar-refractivity contribution < 1.29 is 9.45 Å². The molecule has 3 aromatic rings. The minimum Gasteiger partial charge on any atom is -0.359 e. The summed E-state index contributed by atoms with van der Waals surface area (Å²) >= 11 is 0. The number of benzene rings is 1. The summed E-state index contributed by atoms with van der Waals surface area (Å²) in [5.74, 6) is 0.707. The first kappa shape index (κ1) is 10.5. The van der Waals surface area contributed by atoms with E-state index >= 15 is 0 Å². The van der Waals surface area contributed by atoms with Crippen LogP contribution in [-0.2, 0) is 6.54 Å². The van der Waals surface area contributed by atoms with Gasteiger partial charge in [0.25, 0.3) is 5.69 Å². The van der Waals surface area contributed by atoms with Gasteiger partial charge in [-0.15, -0.1) is 0 Å². The van der Waals surface area contributed by atoms with Crippen molar-refractivity contribution in [2.75, 3.05) is 0 Å². The van der Waals surface area contributed by atoms with Gasteiger partial charge in [0, 0.05) is 18.3 Å². The standard InChI is InChI=1S/C12H9N3O3/c16-15(17)12-3-1-2-11-10(12)5-7-14(11)8-9-4-6-13-18-9/h1-7H,8H2. The molecule has 0 aliphatic rings. The minimum atomic E-state index is -0.374. The first-order valence-corrected chi connectivity index (χ1v) is 5.37. The second kappa shape index (κ2) is 3.99. The fourth-order valence-corrected chi connectivity index (χ4v) is 2.00. The Hall–Kier alpha value is -2.63. The Kier molecular flexibility index (Phi) is 2.33. The summed E-state index contributed by atoms with van der Waals surface area (Å²) < 4.78 is 6.92. The second-order valence-corrected chi connectivity index (χ2v) is 3.89. The van der Waals surface area contributed by atoms with Crippen LogP contribution >= 0.6 is 0 Å². The second-order valence-electron chi connectivity index (χ2n) is 3.89. The molecule has 0 atom stereocenters. The van der Waals surface area contributed by atoms with Crippen molar-refractivity contribution >= 4 is 16.6 Å². The molecule has 6 heteroatoms. The lowest BCUT2D eigenvalue weighted by molar-refractivity contribution is -0.383. The number of hydrogen-bond acceptors (Lipinski definition) is 4. The monoisotopic (exact) mass is 243 g/mol. The molecular formula is C12H9N3O3. The van der Waals surface area contributed by atoms with E-state index in [0.717, 1.165) is 5.52 Å². The highest BCUT2D eigenvalue weighted by Crippen LogP contribution is 2.26. The average Bonchev–Trinajstić information content (AvgIpc) is 2.99. The number of nitro groups is 1. The largest absolute Gasteiger partial charge is 0.359 e. The van der Waals surface area contributed by atoms with Crippen molar-refractivity contribution in [3.05, 3.63) is 58.6 Å². The number of non-ortho nitro benzene ring substituents is 1. The summed E-state index contributed by atoms with van der Waals surface area (Å²) in [5, 5.41) is 15.2. The quantitative estimate of drug-likeness (QED) is 0.523. The van der Waals surface area contributed by atoms with Crippen molar-refractivity contribution in [2.45, 2.75) is 6.54 Å². The molecule has 0 aliphatic carbocycles. The van der Waals surface area contributed by atoms with E-state index in [1.807, 2.05) is 10.6 Å². The van der Waals surface area contributed by atoms with Gasteiger partial charge in [0.15, 0.2) is 5.76 Å². The molecule has 0 aliphatic heterocycles. The van der Waals surface area contributed by atoms with E-state index in [4.69, 9.17) is 4.52 Å². The maximum Gasteiger partial charge on any atom is 0.278 e. The zero-order valence-corrected chi connectivity index (χ0v) is 9.31. The van der Waals surface area contributed by atoms with Gasteiger partial charge in [0.1, 0.15) is 0 Å². The first-order chi connectivity index (χ1) is 8.75. The van der Waals surface area contributed by atoms with E-state index in [1.165, 1.54) is 6.07 Å². The molecule has 2 heterocycles. The minimum absolute atomic E-state index is 0.115. The molecule has 0 radical (unpaired) electrons. The predicted octanol–water partition coefficient (Wildman–Crippen LogP) is 2.59. The first-order valence-electron chi connectivity index (χ1n) is 5.37. The van der Waals surface area contributed by atoms with Crippen LogP contribution < -0.4 is 0 Å². The van der Waals surface area contributed by atoms with E-state index in [0.29, 0.717) is 17.7 Å². The molecule has 1 aromatic carbocycles. The molecule has 0 unspecified atom stereocenters. The lowest BCUT2D eigenvalue weighted by Gasteiger charge is -2.01. The lowest BCUT2D eigenvalue weighted by atomic mass is 10.2. The molecule has 0 spiro atoms. The summed E-state index contributed by atoms with van der Waals surface area (Å²) in [6.07, 6.45) is 3.38. The van der Waals surface area contributed by atoms with Gasteiger partial charge in [-0.3, -0.25) is 10.1 Å². The molecule has 0 N–H and O–H groups in total. The van der Waals surface area contributed by atoms with Gasteiger partial charge in [-0.1, -0.05) is 11.2 Å². The molecule has 6 nitrogen and oxygen atoms in total. The molecule has 90 valence electrons. The third kappa shape index (κ3) is 1.64. The normalized spacial score (nSPS) is 10.9. The topological polar surface area (TPSA) is 74.1 Å². The highest BCUT2D eigenvalue weighted by Gasteiger charge is 2.14. The Morgan fingerprint density at radius 2 is 2.22 bits per heavy atom. The summed E-state index contributed by atoms with van der Waals surface area (Å²) in [6, 6.07) is 8.53. The molecule has 3 rings (SSSR count). The van der Waals surface area contributed by atoms with E-state index in [1.54, 1.807) is 30.6 Å². The van der Waals surface area contributed by atoms with Crippen molar-refractivity contribution in [3.63, 3.8) is 0 Å². The Balaban J connectivity index is 2.09. The van der Waals surface area contributed by atoms with Gasteiger partial charge < -0.3 is 9.09 Å². The van der Waals surface area contributed by atoms with Crippen LogP contribution in [0.1, 0.15) is 5.76 Å². The van der Waals surface area contributed by atoms with E-state index in [2.05, 4.69) is 5.16 Å². The fourth-order valence-electron chi connectivity index (χ4n) is 2.00. The molecular weight excluding hydrogens is 234 g/mol. The van der Waals surface area contributed by atoms with Crippen molar-refractivity contribution in [3.8, 4) is 0 Å². The highest BCUT2D eigenvalue weighted by atomic mass is 16.6. The van der Waals surface area contributed by atoms with Gasteiger partial charge in [0.05, 0.1) is 28.6 Å². The number of nitro benzene ring substituents is 1. The average molecular weight is 243 g/mol. The van der Waals surface area contributed by atoms with Gasteiger partial charge in [0.2, 0.25) is 0 Å². The molecule has 0 saturated carbocycles. The summed E-state index contributed by atoms with van der Waals surface area (Å²) in [4.78, 5) is 10.5. The van der Waals surface area contributed by atoms with Gasteiger partial charge in [-0.05, 0) is 12.1 Å². The van der Waals surface area contributed by atoms with Crippen LogP contribution in [0.4, 0.5) is 5.69 Å². The van der Waals surface area contributed by atoms with Crippen molar-refractivity contribution in [1.29, 1.82) is 0 Å². The maximum absolute atomic E-state index is 10.9. The van der Waals surface area contributed by atoms with Crippen LogP contribution in [0.15, 0.2) is 47.2 Å². The zero-order chi connectivity index (χ0) is 12.5. The van der Waals surface area contributed by atoms with Crippen LogP contribution in [-0.4, -0.2) is 14.6 Å². The smallest absolute Gasteiger partial charge is 0.278 e. The molecule has 18 heavy (non-hydrogen) atoms. The van der Waals surface area contributed by atoms with E-state index in [-0.39, 0.29) is 10.6 Å². The van der Waals surface area contributed by atoms with Crippen molar-refractivity contribution in [2.24, 2.45) is 0 Å². The molecule has 0 fully saturated rings. The third-order valence-corrected chi connectivity index (χ3v) is 2.80. The van der Waals surface area contributed by atoms with Crippen LogP contribution in [0, 0.1) is 10.1 Å². The third-order valence-electron chi connectivity index (χ3n) is 2.80. The number of nitrogens with zero attached hydrogens (tertiary/aromatic N) is 3. The summed E-state index contributed by atoms with van der Waals surface area (Å²) in [7, 11) is 0. The highest BCUT2D eigenvalue weighted by molar-refractivity contribution is 5.89. The number of hydrogen-bond donors (Lipinski definition) is 0. The van der Waals surface area contributed by atoms with Gasteiger partial charge in [-0.2, -0.15) is 0 Å². The van der Waals surface area contributed by atoms with Crippen molar-refractivity contribution in [1.82, 2.24) is 9.72 Å². The van der Waals surface area contributed by atoms with E-state index in [9.17, 15) is 10.1 Å². The molecule has 0 bridgehead atoms. The van der Waals surface area contributed by atoms with Gasteiger partial charge in [-0.25, -0.2) is 0 Å². The zero-order valence-electron chi connectivity index (χ0n) is 9.31. The lowest BCUT2D eigenvalue weighted by Crippen LogP contribution is -1.96. The van der Waals surface area contributed by atoms with Crippen LogP contribution in [0.5, 0.6) is 0 Å². The van der Waals surface area contributed by atoms with Gasteiger partial charge >= 0.3 is 0 Å². The van der Waals surface area contributed by atoms with Crippen LogP contribution in [0.3, 0.4) is 0 Å². The van der Waals surface area contributed by atoms with Crippen LogP contribution in [0.2, 0.25) is 0 Å². The number of aromatic nitrogens is 2. The maximum atomic E-state index is 10.9. The SMILES string of the molecule is O=[N+]([O-])c1cccc2c1ccn2Cc1ccno1. The van der Waals surface area contributed by atoms with Crippen LogP contribution in [0.25, 0.3) is 10.9 Å². The molecule has 2 aromatic heterocycles. The fraction of sp³-hybridized carbons (Fsp3) is 0.0833. The van der Waals surface area contributed by atoms with E-state index < -0.39 is 0 Å². The Bertz CT molecular complexity index is 701. The number of fused-ring (bicyclic) bond motifs is 1. The summed E-state index contributed by atoms with van der Waals surface area (Å²) in [5.41, 5.74) is 0.921. The summed E-state index contributed by atoms with van der Waals surface area (Å²) in [6.45, 7) is 0.505. The molecule has 0 saturated heterocycles.